The van der Waals surface area contributed by atoms with E-state index in [1.807, 2.05) is 0 Å². The molecule has 4 rings (SSSR count). The van der Waals surface area contributed by atoms with Crippen molar-refractivity contribution < 1.29 is 19.2 Å². The second-order valence-corrected chi connectivity index (χ2v) is 7.25. The Labute approximate surface area is 168 Å². The van der Waals surface area contributed by atoms with E-state index in [-0.39, 0.29) is 42.6 Å². The summed E-state index contributed by atoms with van der Waals surface area (Å²) in [5, 5.41) is 5.67. The zero-order valence-electron chi connectivity index (χ0n) is 15.8. The maximum Gasteiger partial charge on any atom is 0.261 e. The topological polar surface area (TPSA) is 95.6 Å². The van der Waals surface area contributed by atoms with Crippen molar-refractivity contribution in [3.63, 3.8) is 0 Å². The summed E-state index contributed by atoms with van der Waals surface area (Å²) in [5.41, 5.74) is 1.68. The molecule has 0 aromatic heterocycles. The van der Waals surface area contributed by atoms with Gasteiger partial charge in [-0.3, -0.25) is 24.1 Å². The van der Waals surface area contributed by atoms with Crippen molar-refractivity contribution in [2.75, 3.05) is 11.9 Å². The van der Waals surface area contributed by atoms with E-state index in [2.05, 4.69) is 10.6 Å². The van der Waals surface area contributed by atoms with Crippen molar-refractivity contribution in [3.05, 3.63) is 65.2 Å². The third-order valence-corrected chi connectivity index (χ3v) is 5.02. The number of fused-ring (bicyclic) bond motifs is 1. The summed E-state index contributed by atoms with van der Waals surface area (Å²) in [5.74, 6) is -1.12. The maximum absolute atomic E-state index is 12.3. The van der Waals surface area contributed by atoms with E-state index < -0.39 is 0 Å². The number of nitrogens with one attached hydrogen (secondary N) is 2. The van der Waals surface area contributed by atoms with Crippen LogP contribution < -0.4 is 10.6 Å². The Bertz CT molecular complexity index is 962. The van der Waals surface area contributed by atoms with Gasteiger partial charge < -0.3 is 10.6 Å². The van der Waals surface area contributed by atoms with Crippen LogP contribution in [0.1, 0.15) is 56.8 Å². The van der Waals surface area contributed by atoms with E-state index in [0.717, 1.165) is 12.8 Å². The van der Waals surface area contributed by atoms with Gasteiger partial charge in [0.25, 0.3) is 17.7 Å². The fourth-order valence-electron chi connectivity index (χ4n) is 3.33. The van der Waals surface area contributed by atoms with Crippen LogP contribution in [0.4, 0.5) is 5.69 Å². The Balaban J connectivity index is 1.32. The van der Waals surface area contributed by atoms with E-state index >= 15 is 0 Å². The summed E-state index contributed by atoms with van der Waals surface area (Å²) in [6.07, 6.45) is 2.44. The molecule has 0 atom stereocenters. The number of nitrogens with zero attached hydrogens (tertiary/aromatic N) is 1. The molecular weight excluding hydrogens is 370 g/mol. The zero-order chi connectivity index (χ0) is 20.4. The van der Waals surface area contributed by atoms with E-state index in [1.165, 1.54) is 4.90 Å². The Morgan fingerprint density at radius 2 is 1.55 bits per heavy atom. The van der Waals surface area contributed by atoms with Crippen LogP contribution in [-0.2, 0) is 4.79 Å². The smallest absolute Gasteiger partial charge is 0.261 e. The number of hydrogen-bond acceptors (Lipinski definition) is 4. The van der Waals surface area contributed by atoms with Crippen molar-refractivity contribution in [1.82, 2.24) is 10.2 Å². The van der Waals surface area contributed by atoms with Gasteiger partial charge in [-0.25, -0.2) is 0 Å². The summed E-state index contributed by atoms with van der Waals surface area (Å²) < 4.78 is 0. The fraction of sp³-hybridized carbons (Fsp3) is 0.273. The lowest BCUT2D eigenvalue weighted by Gasteiger charge is -2.14. The van der Waals surface area contributed by atoms with Gasteiger partial charge >= 0.3 is 0 Å². The highest BCUT2D eigenvalue weighted by atomic mass is 16.2. The van der Waals surface area contributed by atoms with Gasteiger partial charge in [0, 0.05) is 19.0 Å². The van der Waals surface area contributed by atoms with Crippen molar-refractivity contribution in [2.24, 2.45) is 0 Å². The molecule has 7 nitrogen and oxygen atoms in total. The second-order valence-electron chi connectivity index (χ2n) is 7.25. The van der Waals surface area contributed by atoms with Crippen LogP contribution >= 0.6 is 0 Å². The normalized spacial score (nSPS) is 15.2. The number of carbonyl (C=O) groups is 4. The number of anilines is 1. The van der Waals surface area contributed by atoms with E-state index in [1.54, 1.807) is 48.5 Å². The maximum atomic E-state index is 12.3. The molecule has 1 aliphatic heterocycles. The molecule has 0 bridgehead atoms. The lowest BCUT2D eigenvalue weighted by atomic mass is 10.1. The standard InChI is InChI=1S/C22H21N3O4/c26-19(24-18-9-4-3-8-17(18)20(27)23-14-11-12-14)10-5-13-25-21(28)15-6-1-2-7-16(15)22(25)29/h1-4,6-9,14H,5,10-13H2,(H,23,27)(H,24,26). The molecule has 2 aromatic rings. The summed E-state index contributed by atoms with van der Waals surface area (Å²) in [6.45, 7) is 0.170. The summed E-state index contributed by atoms with van der Waals surface area (Å²) in [4.78, 5) is 50.5. The van der Waals surface area contributed by atoms with Crippen LogP contribution in [0.5, 0.6) is 0 Å². The Hall–Kier alpha value is -3.48. The van der Waals surface area contributed by atoms with E-state index in [9.17, 15) is 19.2 Å². The quantitative estimate of drug-likeness (QED) is 0.709. The number of para-hydroxylation sites is 1. The molecule has 2 aromatic carbocycles. The minimum absolute atomic E-state index is 0.131. The molecule has 0 saturated heterocycles. The highest BCUT2D eigenvalue weighted by Gasteiger charge is 2.34. The van der Waals surface area contributed by atoms with Crippen LogP contribution in [-0.4, -0.2) is 41.1 Å². The van der Waals surface area contributed by atoms with E-state index in [0.29, 0.717) is 28.8 Å². The summed E-state index contributed by atoms with van der Waals surface area (Å²) in [6, 6.07) is 13.8. The average Bonchev–Trinajstić information content (AvgIpc) is 3.50. The number of imide groups is 1. The number of amides is 4. The van der Waals surface area contributed by atoms with Gasteiger partial charge in [-0.05, 0) is 43.5 Å². The molecule has 4 amide bonds. The summed E-state index contributed by atoms with van der Waals surface area (Å²) >= 11 is 0. The molecule has 1 heterocycles. The third kappa shape index (κ3) is 4.03. The Morgan fingerprint density at radius 1 is 0.931 bits per heavy atom. The van der Waals surface area contributed by atoms with Gasteiger partial charge in [0.05, 0.1) is 22.4 Å². The first-order valence-corrected chi connectivity index (χ1v) is 9.69. The van der Waals surface area contributed by atoms with Gasteiger partial charge in [0.1, 0.15) is 0 Å². The van der Waals surface area contributed by atoms with Gasteiger partial charge in [0.2, 0.25) is 5.91 Å². The highest BCUT2D eigenvalue weighted by Crippen LogP contribution is 2.23. The second kappa shape index (κ2) is 7.87. The van der Waals surface area contributed by atoms with Gasteiger partial charge in [-0.15, -0.1) is 0 Å². The molecule has 0 radical (unpaired) electrons. The number of rotatable bonds is 7. The molecule has 2 aliphatic rings. The predicted octanol–water partition coefficient (Wildman–Crippen LogP) is 2.59. The minimum Gasteiger partial charge on any atom is -0.349 e. The minimum atomic E-state index is -0.326. The number of carbonyl (C=O) groups excluding carboxylic acids is 4. The molecule has 0 spiro atoms. The molecule has 7 heteroatoms. The molecule has 1 saturated carbocycles. The lowest BCUT2D eigenvalue weighted by molar-refractivity contribution is -0.116. The summed E-state index contributed by atoms with van der Waals surface area (Å²) in [7, 11) is 0. The van der Waals surface area contributed by atoms with Crippen molar-refractivity contribution in [2.45, 2.75) is 31.7 Å². The monoisotopic (exact) mass is 391 g/mol. The van der Waals surface area contributed by atoms with Crippen LogP contribution in [0.25, 0.3) is 0 Å². The van der Waals surface area contributed by atoms with Crippen LogP contribution in [0.3, 0.4) is 0 Å². The van der Waals surface area contributed by atoms with Crippen molar-refractivity contribution in [1.29, 1.82) is 0 Å². The molecule has 2 N–H and O–H groups in total. The van der Waals surface area contributed by atoms with Crippen molar-refractivity contribution in [3.8, 4) is 0 Å². The third-order valence-electron chi connectivity index (χ3n) is 5.02. The molecule has 29 heavy (non-hydrogen) atoms. The van der Waals surface area contributed by atoms with Gasteiger partial charge in [-0.1, -0.05) is 24.3 Å². The molecule has 0 unspecified atom stereocenters. The first kappa shape index (κ1) is 18.9. The first-order chi connectivity index (χ1) is 14.0. The van der Waals surface area contributed by atoms with Gasteiger partial charge in [0.15, 0.2) is 0 Å². The average molecular weight is 391 g/mol. The van der Waals surface area contributed by atoms with Crippen LogP contribution in [0.15, 0.2) is 48.5 Å². The number of benzene rings is 2. The molecular formula is C22H21N3O4. The largest absolute Gasteiger partial charge is 0.349 e. The molecule has 148 valence electrons. The van der Waals surface area contributed by atoms with Crippen LogP contribution in [0.2, 0.25) is 0 Å². The van der Waals surface area contributed by atoms with Gasteiger partial charge in [-0.2, -0.15) is 0 Å². The fourth-order valence-corrected chi connectivity index (χ4v) is 3.33. The highest BCUT2D eigenvalue weighted by molar-refractivity contribution is 6.21. The molecule has 1 fully saturated rings. The number of hydrogen-bond donors (Lipinski definition) is 2. The Morgan fingerprint density at radius 3 is 2.21 bits per heavy atom. The first-order valence-electron chi connectivity index (χ1n) is 9.69. The molecule has 1 aliphatic carbocycles. The zero-order valence-corrected chi connectivity index (χ0v) is 15.8. The Kier molecular flexibility index (Phi) is 5.12. The van der Waals surface area contributed by atoms with Crippen molar-refractivity contribution >= 4 is 29.3 Å². The lowest BCUT2D eigenvalue weighted by Crippen LogP contribution is -2.31. The predicted molar refractivity (Wildman–Crippen MR) is 107 cm³/mol. The van der Waals surface area contributed by atoms with E-state index in [4.69, 9.17) is 0 Å². The van der Waals surface area contributed by atoms with Crippen LogP contribution in [0, 0.1) is 0 Å². The SMILES string of the molecule is O=C(CCCN1C(=O)c2ccccc2C1=O)Nc1ccccc1C(=O)NC1CC1.